The van der Waals surface area contributed by atoms with Gasteiger partial charge in [0.25, 0.3) is 5.56 Å². The van der Waals surface area contributed by atoms with Crippen molar-refractivity contribution in [3.63, 3.8) is 0 Å². The maximum Gasteiger partial charge on any atom is 0.321 e. The van der Waals surface area contributed by atoms with Crippen LogP contribution in [0, 0.1) is 0 Å². The second kappa shape index (κ2) is 8.96. The predicted octanol–water partition coefficient (Wildman–Crippen LogP) is 2.29. The molecular formula is C20H26N4O4S. The number of fused-ring (bicyclic) bond motifs is 1. The van der Waals surface area contributed by atoms with Crippen LogP contribution in [0.1, 0.15) is 33.6 Å². The van der Waals surface area contributed by atoms with Crippen LogP contribution in [0.2, 0.25) is 0 Å². The maximum absolute atomic E-state index is 13.0. The van der Waals surface area contributed by atoms with E-state index in [1.165, 1.54) is 0 Å². The molecule has 2 N–H and O–H groups in total. The van der Waals surface area contributed by atoms with Crippen molar-refractivity contribution in [2.45, 2.75) is 57.0 Å². The fourth-order valence-electron chi connectivity index (χ4n) is 3.08. The number of aromatic nitrogens is 2. The lowest BCUT2D eigenvalue weighted by molar-refractivity contribution is -0.117. The molecule has 1 saturated heterocycles. The molecule has 8 nitrogen and oxygen atoms in total. The van der Waals surface area contributed by atoms with Crippen LogP contribution >= 0.6 is 11.8 Å². The van der Waals surface area contributed by atoms with Crippen LogP contribution in [0.3, 0.4) is 0 Å². The SMILES string of the molecule is CC(C)(C)NC(=O)NC(=O)CSc1nc2ccccc2c(=O)n1C[C@H]1CCCO1. The summed E-state index contributed by atoms with van der Waals surface area (Å²) in [7, 11) is 0. The van der Waals surface area contributed by atoms with Crippen LogP contribution in [0.25, 0.3) is 10.9 Å². The van der Waals surface area contributed by atoms with Crippen molar-refractivity contribution in [1.29, 1.82) is 0 Å². The highest BCUT2D eigenvalue weighted by atomic mass is 32.2. The molecule has 3 amide bonds. The first-order valence-corrected chi connectivity index (χ1v) is 10.6. The van der Waals surface area contributed by atoms with Gasteiger partial charge in [-0.25, -0.2) is 9.78 Å². The first-order valence-electron chi connectivity index (χ1n) is 9.59. The normalized spacial score (nSPS) is 16.7. The van der Waals surface area contributed by atoms with Gasteiger partial charge >= 0.3 is 6.03 Å². The Hall–Kier alpha value is -2.39. The van der Waals surface area contributed by atoms with Gasteiger partial charge in [0.2, 0.25) is 5.91 Å². The summed E-state index contributed by atoms with van der Waals surface area (Å²) in [6, 6.07) is 6.59. The second-order valence-corrected chi connectivity index (χ2v) is 8.95. The predicted molar refractivity (Wildman–Crippen MR) is 112 cm³/mol. The molecule has 0 aliphatic carbocycles. The molecular weight excluding hydrogens is 392 g/mol. The Morgan fingerprint density at radius 1 is 1.31 bits per heavy atom. The summed E-state index contributed by atoms with van der Waals surface area (Å²) in [5.74, 6) is -0.490. The molecule has 1 aromatic carbocycles. The van der Waals surface area contributed by atoms with Crippen molar-refractivity contribution in [1.82, 2.24) is 20.2 Å². The summed E-state index contributed by atoms with van der Waals surface area (Å²) < 4.78 is 7.25. The highest BCUT2D eigenvalue weighted by molar-refractivity contribution is 7.99. The molecule has 9 heteroatoms. The number of urea groups is 1. The Morgan fingerprint density at radius 2 is 2.07 bits per heavy atom. The van der Waals surface area contributed by atoms with E-state index in [0.717, 1.165) is 24.6 Å². The van der Waals surface area contributed by atoms with Gasteiger partial charge in [0.15, 0.2) is 5.16 Å². The standard InChI is InChI=1S/C20H26N4O4S/c1-20(2,3)23-18(27)22-16(25)12-29-19-21-15-9-5-4-8-14(15)17(26)24(19)11-13-7-6-10-28-13/h4-5,8-9,13H,6-7,10-12H2,1-3H3,(H2,22,23,25,27)/t13-/m1/s1. The molecule has 29 heavy (non-hydrogen) atoms. The van der Waals surface area contributed by atoms with Crippen molar-refractivity contribution >= 4 is 34.6 Å². The molecule has 1 fully saturated rings. The zero-order valence-corrected chi connectivity index (χ0v) is 17.7. The van der Waals surface area contributed by atoms with Crippen molar-refractivity contribution in [2.24, 2.45) is 0 Å². The van der Waals surface area contributed by atoms with E-state index in [-0.39, 0.29) is 17.4 Å². The number of thioether (sulfide) groups is 1. The van der Waals surface area contributed by atoms with Crippen molar-refractivity contribution in [2.75, 3.05) is 12.4 Å². The Balaban J connectivity index is 1.77. The second-order valence-electron chi connectivity index (χ2n) is 8.00. The number of rotatable bonds is 5. The van der Waals surface area contributed by atoms with Gasteiger partial charge in [-0.2, -0.15) is 0 Å². The van der Waals surface area contributed by atoms with E-state index in [2.05, 4.69) is 15.6 Å². The Kier molecular flexibility index (Phi) is 6.59. The number of para-hydroxylation sites is 1. The summed E-state index contributed by atoms with van der Waals surface area (Å²) in [6.45, 7) is 6.57. The quantitative estimate of drug-likeness (QED) is 0.571. The van der Waals surface area contributed by atoms with Crippen molar-refractivity contribution in [3.8, 4) is 0 Å². The Labute approximate surface area is 173 Å². The summed E-state index contributed by atoms with van der Waals surface area (Å²) in [6.07, 6.45) is 1.81. The number of nitrogens with one attached hydrogen (secondary N) is 2. The summed E-state index contributed by atoms with van der Waals surface area (Å²) in [5.41, 5.74) is -0.0203. The van der Waals surface area contributed by atoms with Crippen LogP contribution in [0.4, 0.5) is 4.79 Å². The van der Waals surface area contributed by atoms with E-state index in [4.69, 9.17) is 4.74 Å². The molecule has 1 aromatic heterocycles. The lowest BCUT2D eigenvalue weighted by atomic mass is 10.1. The number of ether oxygens (including phenoxy) is 1. The van der Waals surface area contributed by atoms with E-state index < -0.39 is 17.5 Å². The van der Waals surface area contributed by atoms with Gasteiger partial charge in [0.1, 0.15) is 0 Å². The monoisotopic (exact) mass is 418 g/mol. The molecule has 2 aromatic rings. The fourth-order valence-corrected chi connectivity index (χ4v) is 3.88. The smallest absolute Gasteiger partial charge is 0.321 e. The highest BCUT2D eigenvalue weighted by Gasteiger charge is 2.21. The zero-order chi connectivity index (χ0) is 21.0. The van der Waals surface area contributed by atoms with Crippen LogP contribution in [-0.4, -0.2) is 45.5 Å². The summed E-state index contributed by atoms with van der Waals surface area (Å²) in [4.78, 5) is 41.6. The molecule has 3 rings (SSSR count). The van der Waals surface area contributed by atoms with Crippen molar-refractivity contribution < 1.29 is 14.3 Å². The topological polar surface area (TPSA) is 102 Å². The van der Waals surface area contributed by atoms with Gasteiger partial charge in [0, 0.05) is 12.1 Å². The van der Waals surface area contributed by atoms with E-state index in [9.17, 15) is 14.4 Å². The number of hydrogen-bond donors (Lipinski definition) is 2. The first-order chi connectivity index (χ1) is 13.7. The maximum atomic E-state index is 13.0. The third-order valence-electron chi connectivity index (χ3n) is 4.31. The lowest BCUT2D eigenvalue weighted by Crippen LogP contribution is -2.48. The van der Waals surface area contributed by atoms with Crippen LogP contribution < -0.4 is 16.2 Å². The number of carbonyl (C=O) groups is 2. The molecule has 2 heterocycles. The van der Waals surface area contributed by atoms with Gasteiger partial charge in [0.05, 0.1) is 29.3 Å². The molecule has 1 aliphatic rings. The summed E-state index contributed by atoms with van der Waals surface area (Å²) >= 11 is 1.13. The fraction of sp³-hybridized carbons (Fsp3) is 0.500. The minimum atomic E-state index is -0.550. The third-order valence-corrected chi connectivity index (χ3v) is 5.29. The van der Waals surface area contributed by atoms with E-state index in [1.807, 2.05) is 26.8 Å². The van der Waals surface area contributed by atoms with Gasteiger partial charge in [-0.15, -0.1) is 0 Å². The van der Waals surface area contributed by atoms with E-state index >= 15 is 0 Å². The number of carbonyl (C=O) groups excluding carboxylic acids is 2. The first kappa shape index (κ1) is 21.3. The van der Waals surface area contributed by atoms with Crippen LogP contribution in [0.15, 0.2) is 34.2 Å². The van der Waals surface area contributed by atoms with Gasteiger partial charge in [-0.05, 0) is 45.7 Å². The van der Waals surface area contributed by atoms with E-state index in [0.29, 0.717) is 29.2 Å². The van der Waals surface area contributed by atoms with Gasteiger partial charge < -0.3 is 10.1 Å². The average Bonchev–Trinajstić information content (AvgIpc) is 3.14. The largest absolute Gasteiger partial charge is 0.376 e. The average molecular weight is 419 g/mol. The van der Waals surface area contributed by atoms with Crippen LogP contribution in [-0.2, 0) is 16.1 Å². The zero-order valence-electron chi connectivity index (χ0n) is 16.9. The number of imide groups is 1. The molecule has 0 spiro atoms. The molecule has 0 bridgehead atoms. The molecule has 0 radical (unpaired) electrons. The molecule has 156 valence electrons. The minimum absolute atomic E-state index is 0.0339. The number of benzene rings is 1. The lowest BCUT2D eigenvalue weighted by Gasteiger charge is -2.20. The molecule has 1 atom stereocenters. The molecule has 1 aliphatic heterocycles. The number of amides is 3. The van der Waals surface area contributed by atoms with Crippen LogP contribution in [0.5, 0.6) is 0 Å². The van der Waals surface area contributed by atoms with Gasteiger partial charge in [-0.1, -0.05) is 23.9 Å². The Morgan fingerprint density at radius 3 is 2.76 bits per heavy atom. The number of nitrogens with zero attached hydrogens (tertiary/aromatic N) is 2. The van der Waals surface area contributed by atoms with Crippen molar-refractivity contribution in [3.05, 3.63) is 34.6 Å². The van der Waals surface area contributed by atoms with E-state index in [1.54, 1.807) is 22.8 Å². The van der Waals surface area contributed by atoms with Gasteiger partial charge in [-0.3, -0.25) is 19.5 Å². The highest BCUT2D eigenvalue weighted by Crippen LogP contribution is 2.20. The number of hydrogen-bond acceptors (Lipinski definition) is 6. The Bertz CT molecular complexity index is 961. The third kappa shape index (κ3) is 5.80. The molecule has 0 saturated carbocycles. The minimum Gasteiger partial charge on any atom is -0.376 e. The summed E-state index contributed by atoms with van der Waals surface area (Å²) in [5, 5.41) is 5.95. The molecule has 0 unspecified atom stereocenters.